The highest BCUT2D eigenvalue weighted by Crippen LogP contribution is 2.44. The fourth-order valence-corrected chi connectivity index (χ4v) is 7.01. The Morgan fingerprint density at radius 1 is 1.14 bits per heavy atom. The Morgan fingerprint density at radius 2 is 1.89 bits per heavy atom. The van der Waals surface area contributed by atoms with Gasteiger partial charge in [0.25, 0.3) is 5.56 Å². The average Bonchev–Trinajstić information content (AvgIpc) is 3.16. The van der Waals surface area contributed by atoms with E-state index in [1.165, 1.54) is 22.6 Å². The minimum absolute atomic E-state index is 0.0372. The summed E-state index contributed by atoms with van der Waals surface area (Å²) in [6.07, 6.45) is 2.27. The number of carbonyl (C=O) groups excluding carboxylic acids is 1. The van der Waals surface area contributed by atoms with Crippen LogP contribution in [0.5, 0.6) is 0 Å². The highest BCUT2D eigenvalue weighted by Gasteiger charge is 2.47. The van der Waals surface area contributed by atoms with Crippen molar-refractivity contribution < 1.29 is 9.53 Å². The number of pyridine rings is 2. The summed E-state index contributed by atoms with van der Waals surface area (Å²) >= 11 is 0. The first-order valence-corrected chi connectivity index (χ1v) is 16.6. The van der Waals surface area contributed by atoms with Gasteiger partial charge in [-0.1, -0.05) is 64.7 Å². The molecule has 0 amide bonds. The molecule has 0 saturated carbocycles. The lowest BCUT2D eigenvalue weighted by atomic mass is 9.70. The van der Waals surface area contributed by atoms with Crippen molar-refractivity contribution in [2.24, 2.45) is 5.92 Å². The van der Waals surface area contributed by atoms with Crippen LogP contribution in [-0.2, 0) is 34.5 Å². The zero-order valence-corrected chi connectivity index (χ0v) is 22.8. The van der Waals surface area contributed by atoms with Crippen LogP contribution < -0.4 is 5.56 Å². The van der Waals surface area contributed by atoms with Crippen molar-refractivity contribution in [1.29, 1.82) is 0 Å². The first kappa shape index (κ1) is 24.0. The molecule has 0 aliphatic carbocycles. The van der Waals surface area contributed by atoms with Crippen LogP contribution in [0.15, 0.2) is 35.1 Å². The zero-order valence-electron chi connectivity index (χ0n) is 21.8. The highest BCUT2D eigenvalue weighted by atomic mass is 28.3. The summed E-state index contributed by atoms with van der Waals surface area (Å²) in [5, 5.41) is 1.19. The van der Waals surface area contributed by atoms with Crippen molar-refractivity contribution in [1.82, 2.24) is 9.55 Å². The molecule has 3 aromatic rings. The molecular formula is C29H36N2O3Si. The summed E-state index contributed by atoms with van der Waals surface area (Å²) in [6, 6.07) is 11.6. The van der Waals surface area contributed by atoms with Crippen LogP contribution in [0.4, 0.5) is 0 Å². The lowest BCUT2D eigenvalue weighted by molar-refractivity contribution is -0.155. The second-order valence-electron chi connectivity index (χ2n) is 11.9. The van der Waals surface area contributed by atoms with E-state index in [1.807, 2.05) is 17.6 Å². The molecule has 1 aromatic carbocycles. The molecule has 4 heterocycles. The van der Waals surface area contributed by atoms with E-state index in [0.717, 1.165) is 28.9 Å². The minimum atomic E-state index is -1.26. The number of cyclic esters (lactones) is 1. The number of ether oxygens (including phenoxy) is 1. The molecule has 6 heteroatoms. The van der Waals surface area contributed by atoms with Crippen molar-refractivity contribution >= 4 is 24.9 Å². The fourth-order valence-electron chi connectivity index (χ4n) is 6.01. The zero-order chi connectivity index (χ0) is 25.1. The first-order chi connectivity index (χ1) is 16.6. The topological polar surface area (TPSA) is 61.2 Å². The summed E-state index contributed by atoms with van der Waals surface area (Å²) in [4.78, 5) is 32.1. The smallest absolute Gasteiger partial charge is 0.316 e. The third-order valence-electron chi connectivity index (χ3n) is 7.81. The lowest BCUT2D eigenvalue weighted by Gasteiger charge is -2.37. The molecular weight excluding hydrogens is 452 g/mol. The van der Waals surface area contributed by atoms with Crippen LogP contribution in [0.3, 0.4) is 0 Å². The molecule has 0 N–H and O–H groups in total. The fraction of sp³-hybridized carbons (Fsp3) is 0.483. The molecule has 2 aromatic heterocycles. The van der Waals surface area contributed by atoms with E-state index in [9.17, 15) is 9.59 Å². The standard InChI is InChI=1S/C29H36N2O3Si/c1-7-29(15-18(2)3)23-14-25-26-21(16-31(25)27(32)22(23)17-34-28(29)33)19(12-13-35(4,5)6)20-10-8-9-11-24(20)30-26/h8-11,14,18H,7,12-13,15-17H2,1-6H3/t29-/m0/s1. The van der Waals surface area contributed by atoms with Gasteiger partial charge in [0.15, 0.2) is 0 Å². The number of benzene rings is 1. The number of carbonyl (C=O) groups is 1. The number of aromatic nitrogens is 2. The third kappa shape index (κ3) is 3.86. The van der Waals surface area contributed by atoms with E-state index in [0.29, 0.717) is 30.9 Å². The van der Waals surface area contributed by atoms with Crippen LogP contribution in [-0.4, -0.2) is 23.6 Å². The van der Waals surface area contributed by atoms with E-state index in [-0.39, 0.29) is 18.1 Å². The van der Waals surface area contributed by atoms with E-state index in [2.05, 4.69) is 57.8 Å². The molecule has 0 unspecified atom stereocenters. The Kier molecular flexibility index (Phi) is 5.78. The van der Waals surface area contributed by atoms with Crippen LogP contribution in [0.25, 0.3) is 22.3 Å². The Labute approximate surface area is 208 Å². The van der Waals surface area contributed by atoms with Gasteiger partial charge in [0.05, 0.1) is 34.4 Å². The quantitative estimate of drug-likeness (QED) is 0.245. The average molecular weight is 489 g/mol. The van der Waals surface area contributed by atoms with Gasteiger partial charge < -0.3 is 9.30 Å². The SMILES string of the molecule is CC[C@@]1(CC(C)C)C(=O)OCc2c1cc1n(c2=O)Cc2c-1nc1ccccc1c2CC[Si](C)(C)C. The van der Waals surface area contributed by atoms with E-state index in [1.54, 1.807) is 0 Å². The molecule has 184 valence electrons. The second-order valence-corrected chi connectivity index (χ2v) is 17.5. The third-order valence-corrected chi connectivity index (χ3v) is 9.56. The maximum absolute atomic E-state index is 13.8. The normalized spacial score (nSPS) is 19.0. The summed E-state index contributed by atoms with van der Waals surface area (Å²) < 4.78 is 7.49. The van der Waals surface area contributed by atoms with Gasteiger partial charge in [-0.2, -0.15) is 0 Å². The molecule has 2 aliphatic rings. The Morgan fingerprint density at radius 3 is 2.57 bits per heavy atom. The second kappa shape index (κ2) is 8.44. The number of para-hydroxylation sites is 1. The molecule has 0 fully saturated rings. The molecule has 0 bridgehead atoms. The molecule has 5 nitrogen and oxygen atoms in total. The summed E-state index contributed by atoms with van der Waals surface area (Å²) in [5.74, 6) is 0.0954. The first-order valence-electron chi connectivity index (χ1n) is 12.9. The van der Waals surface area contributed by atoms with E-state index in [4.69, 9.17) is 9.72 Å². The summed E-state index contributed by atoms with van der Waals surface area (Å²) in [6.45, 7) is 14.1. The van der Waals surface area contributed by atoms with Crippen LogP contribution in [0, 0.1) is 5.92 Å². The van der Waals surface area contributed by atoms with Crippen LogP contribution >= 0.6 is 0 Å². The molecule has 35 heavy (non-hydrogen) atoms. The lowest BCUT2D eigenvalue weighted by Crippen LogP contribution is -2.45. The highest BCUT2D eigenvalue weighted by molar-refractivity contribution is 6.76. The van der Waals surface area contributed by atoms with Crippen molar-refractivity contribution in [3.05, 3.63) is 62.9 Å². The van der Waals surface area contributed by atoms with Gasteiger partial charge in [0.1, 0.15) is 6.61 Å². The van der Waals surface area contributed by atoms with Crippen molar-refractivity contribution in [2.45, 2.75) is 84.3 Å². The molecule has 0 saturated heterocycles. The number of nitrogens with zero attached hydrogens (tertiary/aromatic N) is 2. The monoisotopic (exact) mass is 488 g/mol. The number of rotatable bonds is 6. The molecule has 5 rings (SSSR count). The van der Waals surface area contributed by atoms with Crippen LogP contribution in [0.1, 0.15) is 55.9 Å². The number of hydrogen-bond acceptors (Lipinski definition) is 4. The van der Waals surface area contributed by atoms with Gasteiger partial charge in [-0.25, -0.2) is 4.98 Å². The molecule has 1 atom stereocenters. The maximum Gasteiger partial charge on any atom is 0.316 e. The van der Waals surface area contributed by atoms with E-state index >= 15 is 0 Å². The summed E-state index contributed by atoms with van der Waals surface area (Å²) in [7, 11) is -1.26. The largest absolute Gasteiger partial charge is 0.460 e. The van der Waals surface area contributed by atoms with Crippen LogP contribution in [0.2, 0.25) is 25.7 Å². The molecule has 0 spiro atoms. The minimum Gasteiger partial charge on any atom is -0.460 e. The number of fused-ring (bicyclic) bond motifs is 5. The maximum atomic E-state index is 13.8. The van der Waals surface area contributed by atoms with Gasteiger partial charge in [-0.05, 0) is 48.4 Å². The van der Waals surface area contributed by atoms with E-state index < -0.39 is 13.5 Å². The van der Waals surface area contributed by atoms with Gasteiger partial charge in [-0.3, -0.25) is 9.59 Å². The predicted octanol–water partition coefficient (Wildman–Crippen LogP) is 6.06. The predicted molar refractivity (Wildman–Crippen MR) is 144 cm³/mol. The van der Waals surface area contributed by atoms with Gasteiger partial charge in [0, 0.05) is 19.0 Å². The van der Waals surface area contributed by atoms with Gasteiger partial charge in [0.2, 0.25) is 0 Å². The molecule has 2 aliphatic heterocycles. The number of esters is 1. The Hall–Kier alpha value is -2.73. The van der Waals surface area contributed by atoms with Crippen molar-refractivity contribution in [3.8, 4) is 11.4 Å². The van der Waals surface area contributed by atoms with Crippen molar-refractivity contribution in [2.75, 3.05) is 0 Å². The molecule has 0 radical (unpaired) electrons. The summed E-state index contributed by atoms with van der Waals surface area (Å²) in [5.41, 5.74) is 5.89. The Bertz CT molecular complexity index is 1400. The van der Waals surface area contributed by atoms with Gasteiger partial charge in [-0.15, -0.1) is 0 Å². The van der Waals surface area contributed by atoms with Crippen molar-refractivity contribution in [3.63, 3.8) is 0 Å². The Balaban J connectivity index is 1.76. The number of aryl methyl sites for hydroxylation is 1. The number of hydrogen-bond donors (Lipinski definition) is 0. The van der Waals surface area contributed by atoms with Gasteiger partial charge >= 0.3 is 5.97 Å².